The molecule has 2 aliphatic rings. The summed E-state index contributed by atoms with van der Waals surface area (Å²) >= 11 is 0. The largest absolute Gasteiger partial charge is 0.354 e. The molecule has 0 radical (unpaired) electrons. The molecule has 9 nitrogen and oxygen atoms in total. The number of piperazine rings is 1. The van der Waals surface area contributed by atoms with Crippen molar-refractivity contribution in [1.29, 1.82) is 0 Å². The molecule has 0 atom stereocenters. The van der Waals surface area contributed by atoms with Gasteiger partial charge < -0.3 is 20.1 Å². The molecule has 1 saturated carbocycles. The second kappa shape index (κ2) is 9.88. The highest BCUT2D eigenvalue weighted by atomic mass is 35.5. The standard InChI is InChI=1S/C18H28N8O.2ClH/c1-12-20-16(23-27-12)11-25-4-6-26(7-5-25)17-10-15(13-8-14(19)9-13)21-18(22-17)24(2)3;;/h10,13-14H,4-9,11,19H2,1-3H3;2*1H. The van der Waals surface area contributed by atoms with Gasteiger partial charge in [-0.3, -0.25) is 4.90 Å². The summed E-state index contributed by atoms with van der Waals surface area (Å²) in [5.41, 5.74) is 7.10. The van der Waals surface area contributed by atoms with Gasteiger partial charge in [-0.05, 0) is 12.8 Å². The summed E-state index contributed by atoms with van der Waals surface area (Å²) in [7, 11) is 3.97. The van der Waals surface area contributed by atoms with Crippen LogP contribution in [0.4, 0.5) is 11.8 Å². The van der Waals surface area contributed by atoms with Crippen LogP contribution in [-0.2, 0) is 6.54 Å². The molecule has 2 aromatic rings. The normalized spacial score (nSPS) is 21.7. The number of rotatable bonds is 5. The van der Waals surface area contributed by atoms with Gasteiger partial charge in [0.05, 0.1) is 12.2 Å². The van der Waals surface area contributed by atoms with Crippen LogP contribution in [0.5, 0.6) is 0 Å². The van der Waals surface area contributed by atoms with Gasteiger partial charge in [0.25, 0.3) is 0 Å². The van der Waals surface area contributed by atoms with Crippen molar-refractivity contribution in [3.8, 4) is 0 Å². The van der Waals surface area contributed by atoms with Crippen molar-refractivity contribution < 1.29 is 4.52 Å². The van der Waals surface area contributed by atoms with Crippen LogP contribution < -0.4 is 15.5 Å². The van der Waals surface area contributed by atoms with E-state index in [1.807, 2.05) is 25.9 Å². The molecule has 3 heterocycles. The minimum Gasteiger partial charge on any atom is -0.354 e. The lowest BCUT2D eigenvalue weighted by atomic mass is 9.78. The second-order valence-electron chi connectivity index (χ2n) is 7.77. The van der Waals surface area contributed by atoms with E-state index in [0.717, 1.165) is 68.8 Å². The molecule has 2 aromatic heterocycles. The molecule has 2 N–H and O–H groups in total. The van der Waals surface area contributed by atoms with Crippen molar-refractivity contribution in [2.24, 2.45) is 5.73 Å². The fourth-order valence-electron chi connectivity index (χ4n) is 3.65. The summed E-state index contributed by atoms with van der Waals surface area (Å²) in [6, 6.07) is 2.47. The van der Waals surface area contributed by atoms with Gasteiger partial charge in [0, 0.05) is 65.2 Å². The fourth-order valence-corrected chi connectivity index (χ4v) is 3.65. The third-order valence-corrected chi connectivity index (χ3v) is 5.34. The maximum absolute atomic E-state index is 5.98. The van der Waals surface area contributed by atoms with Gasteiger partial charge in [0.2, 0.25) is 11.8 Å². The second-order valence-corrected chi connectivity index (χ2v) is 7.77. The highest BCUT2D eigenvalue weighted by Crippen LogP contribution is 2.36. The smallest absolute Gasteiger partial charge is 0.227 e. The summed E-state index contributed by atoms with van der Waals surface area (Å²) in [5.74, 6) is 3.61. The summed E-state index contributed by atoms with van der Waals surface area (Å²) in [6.07, 6.45) is 2.03. The molecule has 1 saturated heterocycles. The van der Waals surface area contributed by atoms with Gasteiger partial charge in [-0.1, -0.05) is 5.16 Å². The van der Waals surface area contributed by atoms with E-state index in [9.17, 15) is 0 Å². The Balaban J connectivity index is 0.00000150. The lowest BCUT2D eigenvalue weighted by Gasteiger charge is -2.36. The molecule has 4 rings (SSSR count). The van der Waals surface area contributed by atoms with Crippen LogP contribution in [0.3, 0.4) is 0 Å². The maximum atomic E-state index is 5.98. The monoisotopic (exact) mass is 444 g/mol. The van der Waals surface area contributed by atoms with Crippen LogP contribution >= 0.6 is 24.8 Å². The lowest BCUT2D eigenvalue weighted by molar-refractivity contribution is 0.239. The molecule has 1 aliphatic carbocycles. The Bertz CT molecular complexity index is 788. The van der Waals surface area contributed by atoms with Crippen molar-refractivity contribution in [3.63, 3.8) is 0 Å². The number of hydrogen-bond donors (Lipinski definition) is 1. The first-order valence-electron chi connectivity index (χ1n) is 9.56. The van der Waals surface area contributed by atoms with Crippen LogP contribution in [0, 0.1) is 6.92 Å². The Morgan fingerprint density at radius 1 is 1.10 bits per heavy atom. The summed E-state index contributed by atoms with van der Waals surface area (Å²) in [6.45, 7) is 6.27. The van der Waals surface area contributed by atoms with E-state index in [0.29, 0.717) is 17.9 Å². The Kier molecular flexibility index (Phi) is 8.04. The molecular weight excluding hydrogens is 415 g/mol. The summed E-state index contributed by atoms with van der Waals surface area (Å²) in [4.78, 5) is 20.5. The Morgan fingerprint density at radius 2 is 1.79 bits per heavy atom. The maximum Gasteiger partial charge on any atom is 0.227 e. The van der Waals surface area contributed by atoms with E-state index in [1.54, 1.807) is 0 Å². The highest BCUT2D eigenvalue weighted by molar-refractivity contribution is 5.85. The lowest BCUT2D eigenvalue weighted by Crippen LogP contribution is -2.46. The minimum absolute atomic E-state index is 0. The van der Waals surface area contributed by atoms with E-state index in [-0.39, 0.29) is 24.8 Å². The molecule has 2 fully saturated rings. The first-order valence-corrected chi connectivity index (χ1v) is 9.56. The van der Waals surface area contributed by atoms with Crippen molar-refractivity contribution in [2.75, 3.05) is 50.1 Å². The zero-order chi connectivity index (χ0) is 19.0. The summed E-state index contributed by atoms with van der Waals surface area (Å²) in [5, 5.41) is 3.99. The van der Waals surface area contributed by atoms with Crippen LogP contribution in [0.1, 0.15) is 36.2 Å². The number of aryl methyl sites for hydroxylation is 1. The van der Waals surface area contributed by atoms with Gasteiger partial charge in [-0.25, -0.2) is 4.98 Å². The molecule has 0 bridgehead atoms. The Labute approximate surface area is 183 Å². The first kappa shape index (κ1) is 23.6. The molecule has 1 aliphatic heterocycles. The topological polar surface area (TPSA) is 100 Å². The van der Waals surface area contributed by atoms with Crippen molar-refractivity contribution >= 4 is 36.6 Å². The van der Waals surface area contributed by atoms with E-state index in [2.05, 4.69) is 26.0 Å². The van der Waals surface area contributed by atoms with Crippen molar-refractivity contribution in [2.45, 2.75) is 38.3 Å². The summed E-state index contributed by atoms with van der Waals surface area (Å²) < 4.78 is 5.06. The number of hydrogen-bond acceptors (Lipinski definition) is 9. The van der Waals surface area contributed by atoms with E-state index < -0.39 is 0 Å². The molecule has 0 spiro atoms. The van der Waals surface area contributed by atoms with Crippen LogP contribution in [0.25, 0.3) is 0 Å². The number of halogens is 2. The highest BCUT2D eigenvalue weighted by Gasteiger charge is 2.30. The van der Waals surface area contributed by atoms with Crippen LogP contribution in [0.2, 0.25) is 0 Å². The van der Waals surface area contributed by atoms with E-state index in [1.165, 1.54) is 0 Å². The predicted molar refractivity (Wildman–Crippen MR) is 117 cm³/mol. The Morgan fingerprint density at radius 3 is 2.34 bits per heavy atom. The Hall–Kier alpha value is -1.68. The van der Waals surface area contributed by atoms with Gasteiger partial charge in [-0.15, -0.1) is 24.8 Å². The first-order chi connectivity index (χ1) is 13.0. The molecule has 162 valence electrons. The van der Waals surface area contributed by atoms with Gasteiger partial charge in [0.15, 0.2) is 5.82 Å². The third kappa shape index (κ3) is 5.48. The zero-order valence-corrected chi connectivity index (χ0v) is 18.7. The number of anilines is 2. The van der Waals surface area contributed by atoms with Crippen LogP contribution in [-0.4, -0.2) is 71.3 Å². The number of nitrogens with two attached hydrogens (primary N) is 1. The van der Waals surface area contributed by atoms with E-state index in [4.69, 9.17) is 20.2 Å². The quantitative estimate of drug-likeness (QED) is 0.736. The number of aromatic nitrogens is 4. The SMILES string of the molecule is Cc1nc(CN2CCN(c3cc(C4CC(N)C4)nc(N(C)C)n3)CC2)no1.Cl.Cl. The van der Waals surface area contributed by atoms with Gasteiger partial charge >= 0.3 is 0 Å². The molecule has 11 heteroatoms. The van der Waals surface area contributed by atoms with Crippen molar-refractivity contribution in [3.05, 3.63) is 23.5 Å². The molecule has 0 aromatic carbocycles. The van der Waals surface area contributed by atoms with Gasteiger partial charge in [-0.2, -0.15) is 9.97 Å². The molecular formula is C18H30Cl2N8O. The molecule has 29 heavy (non-hydrogen) atoms. The predicted octanol–water partition coefficient (Wildman–Crippen LogP) is 1.60. The minimum atomic E-state index is 0. The van der Waals surface area contributed by atoms with E-state index >= 15 is 0 Å². The molecule has 0 unspecified atom stereocenters. The molecule has 0 amide bonds. The fraction of sp³-hybridized carbons (Fsp3) is 0.667. The average molecular weight is 445 g/mol. The number of nitrogens with zero attached hydrogens (tertiary/aromatic N) is 7. The van der Waals surface area contributed by atoms with Crippen molar-refractivity contribution in [1.82, 2.24) is 25.0 Å². The third-order valence-electron chi connectivity index (χ3n) is 5.34. The zero-order valence-electron chi connectivity index (χ0n) is 17.1. The average Bonchev–Trinajstić information content (AvgIpc) is 3.04. The van der Waals surface area contributed by atoms with Gasteiger partial charge in [0.1, 0.15) is 5.82 Å². The van der Waals surface area contributed by atoms with Crippen LogP contribution in [0.15, 0.2) is 10.6 Å².